The average molecular weight is 278 g/mol. The third-order valence-corrected chi connectivity index (χ3v) is 3.52. The zero-order chi connectivity index (χ0) is 14.7. The highest BCUT2D eigenvalue weighted by atomic mass is 16.2. The van der Waals surface area contributed by atoms with E-state index in [4.69, 9.17) is 0 Å². The summed E-state index contributed by atoms with van der Waals surface area (Å²) >= 11 is 0. The molecule has 0 radical (unpaired) electrons. The van der Waals surface area contributed by atoms with Crippen LogP contribution in [-0.4, -0.2) is 40.1 Å². The normalized spacial score (nSPS) is 18.0. The maximum atomic E-state index is 12.2. The van der Waals surface area contributed by atoms with E-state index in [1.54, 1.807) is 13.2 Å². The summed E-state index contributed by atoms with van der Waals surface area (Å²) in [6.07, 6.45) is 2.61. The first-order valence-electron chi connectivity index (χ1n) is 7.02. The predicted octanol–water partition coefficient (Wildman–Crippen LogP) is 0.949. The molecule has 1 aromatic rings. The smallest absolute Gasteiger partial charge is 0.223 e. The molecule has 20 heavy (non-hydrogen) atoms. The molecule has 0 saturated heterocycles. The molecule has 0 spiro atoms. The van der Waals surface area contributed by atoms with Crippen molar-refractivity contribution in [1.29, 1.82) is 0 Å². The number of aromatic nitrogens is 2. The van der Waals surface area contributed by atoms with E-state index in [-0.39, 0.29) is 17.9 Å². The van der Waals surface area contributed by atoms with Crippen LogP contribution in [0.1, 0.15) is 38.4 Å². The molecule has 1 unspecified atom stereocenters. The van der Waals surface area contributed by atoms with Gasteiger partial charge in [0.2, 0.25) is 11.8 Å². The second kappa shape index (κ2) is 6.07. The number of carbonyl (C=O) groups excluding carboxylic acids is 2. The Bertz CT molecular complexity index is 495. The third kappa shape index (κ3) is 3.18. The molecule has 1 aliphatic heterocycles. The Balaban J connectivity index is 2.13. The van der Waals surface area contributed by atoms with E-state index in [1.807, 2.05) is 29.5 Å². The van der Waals surface area contributed by atoms with Gasteiger partial charge >= 0.3 is 0 Å². The molecule has 1 atom stereocenters. The third-order valence-electron chi connectivity index (χ3n) is 3.52. The van der Waals surface area contributed by atoms with E-state index in [0.717, 1.165) is 5.69 Å². The molecule has 0 bridgehead atoms. The summed E-state index contributed by atoms with van der Waals surface area (Å²) in [5.74, 6) is 0.454. The zero-order valence-electron chi connectivity index (χ0n) is 12.3. The molecule has 0 fully saturated rings. The van der Waals surface area contributed by atoms with Gasteiger partial charge < -0.3 is 10.2 Å². The highest BCUT2D eigenvalue weighted by Gasteiger charge is 2.29. The van der Waals surface area contributed by atoms with Gasteiger partial charge in [-0.05, 0) is 12.0 Å². The SMILES string of the molecule is CNC(=O)CC1CN(C(=O)CC(C)C)Cc2ccnn21. The molecule has 1 aromatic heterocycles. The van der Waals surface area contributed by atoms with Gasteiger partial charge in [0.25, 0.3) is 0 Å². The van der Waals surface area contributed by atoms with Gasteiger partial charge in [-0.1, -0.05) is 13.8 Å². The highest BCUT2D eigenvalue weighted by Crippen LogP contribution is 2.24. The standard InChI is InChI=1S/C14H22N4O2/c1-10(2)6-14(20)17-8-11-4-5-16-18(11)12(9-17)7-13(19)15-3/h4-5,10,12H,6-9H2,1-3H3,(H,15,19). The Hall–Kier alpha value is -1.85. The first kappa shape index (κ1) is 14.6. The molecule has 2 amide bonds. The van der Waals surface area contributed by atoms with Gasteiger partial charge in [0, 0.05) is 26.2 Å². The van der Waals surface area contributed by atoms with E-state index in [9.17, 15) is 9.59 Å². The van der Waals surface area contributed by atoms with E-state index in [2.05, 4.69) is 10.4 Å². The first-order chi connectivity index (χ1) is 9.51. The summed E-state index contributed by atoms with van der Waals surface area (Å²) < 4.78 is 1.87. The van der Waals surface area contributed by atoms with Crippen LogP contribution in [0.25, 0.3) is 0 Å². The molecule has 6 heteroatoms. The number of nitrogens with one attached hydrogen (secondary N) is 1. The number of fused-ring (bicyclic) bond motifs is 1. The molecule has 2 rings (SSSR count). The van der Waals surface area contributed by atoms with Gasteiger partial charge in [0.05, 0.1) is 24.7 Å². The van der Waals surface area contributed by atoms with Crippen LogP contribution in [0.4, 0.5) is 0 Å². The lowest BCUT2D eigenvalue weighted by atomic mass is 10.1. The molecule has 0 aromatic carbocycles. The largest absolute Gasteiger partial charge is 0.359 e. The van der Waals surface area contributed by atoms with Crippen molar-refractivity contribution in [3.63, 3.8) is 0 Å². The number of carbonyl (C=O) groups is 2. The topological polar surface area (TPSA) is 67.2 Å². The molecular weight excluding hydrogens is 256 g/mol. The van der Waals surface area contributed by atoms with Crippen molar-refractivity contribution in [2.75, 3.05) is 13.6 Å². The molecule has 1 aliphatic rings. The van der Waals surface area contributed by atoms with E-state index in [1.165, 1.54) is 0 Å². The number of amides is 2. The van der Waals surface area contributed by atoms with Crippen molar-refractivity contribution in [2.45, 2.75) is 39.3 Å². The number of rotatable bonds is 4. The monoisotopic (exact) mass is 278 g/mol. The van der Waals surface area contributed by atoms with Crippen molar-refractivity contribution in [1.82, 2.24) is 20.0 Å². The van der Waals surface area contributed by atoms with E-state index in [0.29, 0.717) is 31.8 Å². The van der Waals surface area contributed by atoms with Crippen molar-refractivity contribution in [3.05, 3.63) is 18.0 Å². The summed E-state index contributed by atoms with van der Waals surface area (Å²) in [6, 6.07) is 1.83. The fourth-order valence-corrected chi connectivity index (χ4v) is 2.52. The summed E-state index contributed by atoms with van der Waals surface area (Å²) in [4.78, 5) is 25.7. The Labute approximate surface area is 119 Å². The maximum Gasteiger partial charge on any atom is 0.223 e. The van der Waals surface area contributed by atoms with Crippen molar-refractivity contribution < 1.29 is 9.59 Å². The predicted molar refractivity (Wildman–Crippen MR) is 74.8 cm³/mol. The second-order valence-electron chi connectivity index (χ2n) is 5.67. The molecule has 2 heterocycles. The van der Waals surface area contributed by atoms with Gasteiger partial charge in [-0.25, -0.2) is 0 Å². The quantitative estimate of drug-likeness (QED) is 0.891. The molecule has 1 N–H and O–H groups in total. The minimum Gasteiger partial charge on any atom is -0.359 e. The van der Waals surface area contributed by atoms with E-state index < -0.39 is 0 Å². The molecule has 0 saturated carbocycles. The van der Waals surface area contributed by atoms with Gasteiger partial charge in [0.15, 0.2) is 0 Å². The number of nitrogens with zero attached hydrogens (tertiary/aromatic N) is 3. The first-order valence-corrected chi connectivity index (χ1v) is 7.02. The molecular formula is C14H22N4O2. The zero-order valence-corrected chi connectivity index (χ0v) is 12.3. The fraction of sp³-hybridized carbons (Fsp3) is 0.643. The average Bonchev–Trinajstić information content (AvgIpc) is 2.86. The second-order valence-corrected chi connectivity index (χ2v) is 5.67. The summed E-state index contributed by atoms with van der Waals surface area (Å²) in [6.45, 7) is 5.20. The Morgan fingerprint density at radius 3 is 2.90 bits per heavy atom. The summed E-state index contributed by atoms with van der Waals surface area (Å²) in [7, 11) is 1.62. The van der Waals surface area contributed by atoms with Crippen LogP contribution >= 0.6 is 0 Å². The van der Waals surface area contributed by atoms with Crippen LogP contribution in [0.15, 0.2) is 12.3 Å². The molecule has 110 valence electrons. The summed E-state index contributed by atoms with van der Waals surface area (Å²) in [5, 5.41) is 6.91. The Morgan fingerprint density at radius 1 is 1.50 bits per heavy atom. The maximum absolute atomic E-state index is 12.2. The van der Waals surface area contributed by atoms with Crippen LogP contribution < -0.4 is 5.32 Å². The van der Waals surface area contributed by atoms with Crippen LogP contribution in [-0.2, 0) is 16.1 Å². The minimum atomic E-state index is -0.0789. The lowest BCUT2D eigenvalue weighted by molar-refractivity contribution is -0.135. The Morgan fingerprint density at radius 2 is 2.25 bits per heavy atom. The van der Waals surface area contributed by atoms with E-state index >= 15 is 0 Å². The van der Waals surface area contributed by atoms with Gasteiger partial charge in [0.1, 0.15) is 0 Å². The minimum absolute atomic E-state index is 0.0328. The van der Waals surface area contributed by atoms with Gasteiger partial charge in [-0.2, -0.15) is 5.10 Å². The lowest BCUT2D eigenvalue weighted by Crippen LogP contribution is -2.43. The summed E-state index contributed by atoms with van der Waals surface area (Å²) in [5.41, 5.74) is 0.988. The van der Waals surface area contributed by atoms with Gasteiger partial charge in [-0.15, -0.1) is 0 Å². The van der Waals surface area contributed by atoms with Crippen LogP contribution in [0.3, 0.4) is 0 Å². The van der Waals surface area contributed by atoms with Crippen molar-refractivity contribution in [3.8, 4) is 0 Å². The van der Waals surface area contributed by atoms with Crippen LogP contribution in [0.2, 0.25) is 0 Å². The fourth-order valence-electron chi connectivity index (χ4n) is 2.52. The van der Waals surface area contributed by atoms with Crippen molar-refractivity contribution in [2.24, 2.45) is 5.92 Å². The Kier molecular flexibility index (Phi) is 4.42. The van der Waals surface area contributed by atoms with Crippen molar-refractivity contribution >= 4 is 11.8 Å². The van der Waals surface area contributed by atoms with Crippen LogP contribution in [0.5, 0.6) is 0 Å². The van der Waals surface area contributed by atoms with Gasteiger partial charge in [-0.3, -0.25) is 14.3 Å². The van der Waals surface area contributed by atoms with Crippen LogP contribution in [0, 0.1) is 5.92 Å². The lowest BCUT2D eigenvalue weighted by Gasteiger charge is -2.34. The molecule has 6 nitrogen and oxygen atoms in total. The number of hydrogen-bond donors (Lipinski definition) is 1. The number of hydrogen-bond acceptors (Lipinski definition) is 3. The highest BCUT2D eigenvalue weighted by molar-refractivity contribution is 5.78. The molecule has 0 aliphatic carbocycles.